The van der Waals surface area contributed by atoms with Crippen molar-refractivity contribution >= 4 is 34.4 Å². The molecule has 0 spiro atoms. The Bertz CT molecular complexity index is 1040. The van der Waals surface area contributed by atoms with E-state index in [4.69, 9.17) is 10.2 Å². The van der Waals surface area contributed by atoms with Crippen LogP contribution in [0.5, 0.6) is 0 Å². The second-order valence-corrected chi connectivity index (χ2v) is 5.74. The Labute approximate surface area is 154 Å². The average Bonchev–Trinajstić information content (AvgIpc) is 3.05. The van der Waals surface area contributed by atoms with Crippen LogP contribution < -0.4 is 16.4 Å². The van der Waals surface area contributed by atoms with Gasteiger partial charge in [0.15, 0.2) is 0 Å². The summed E-state index contributed by atoms with van der Waals surface area (Å²) in [6, 6.07) is 13.6. The summed E-state index contributed by atoms with van der Waals surface area (Å²) >= 11 is 0. The lowest BCUT2D eigenvalue weighted by Crippen LogP contribution is -2.20. The van der Waals surface area contributed by atoms with Crippen molar-refractivity contribution in [3.63, 3.8) is 0 Å². The van der Waals surface area contributed by atoms with Crippen LogP contribution in [-0.4, -0.2) is 17.7 Å². The number of para-hydroxylation sites is 1. The Kier molecular flexibility index (Phi) is 5.03. The summed E-state index contributed by atoms with van der Waals surface area (Å²) in [5, 5.41) is 5.93. The van der Waals surface area contributed by atoms with Crippen molar-refractivity contribution in [2.45, 2.75) is 6.54 Å². The van der Waals surface area contributed by atoms with Crippen molar-refractivity contribution in [1.29, 1.82) is 0 Å². The molecule has 0 saturated carbocycles. The molecule has 0 atom stereocenters. The molecule has 7 nitrogen and oxygen atoms in total. The number of nitrogens with two attached hydrogens (primary N) is 1. The number of hydrogen-bond acceptors (Lipinski definition) is 4. The van der Waals surface area contributed by atoms with Gasteiger partial charge in [0, 0.05) is 17.5 Å². The number of amides is 3. The molecule has 0 aliphatic heterocycles. The van der Waals surface area contributed by atoms with Gasteiger partial charge in [0.25, 0.3) is 11.8 Å². The number of benzene rings is 2. The van der Waals surface area contributed by atoms with E-state index in [2.05, 4.69) is 17.2 Å². The van der Waals surface area contributed by atoms with Crippen LogP contribution in [0, 0.1) is 0 Å². The van der Waals surface area contributed by atoms with E-state index in [1.54, 1.807) is 48.5 Å². The van der Waals surface area contributed by atoms with Gasteiger partial charge in [-0.2, -0.15) is 0 Å². The van der Waals surface area contributed by atoms with Crippen LogP contribution in [-0.2, 0) is 11.3 Å². The average molecular weight is 363 g/mol. The zero-order valence-corrected chi connectivity index (χ0v) is 14.3. The maximum absolute atomic E-state index is 12.6. The third-order valence-electron chi connectivity index (χ3n) is 3.93. The van der Waals surface area contributed by atoms with E-state index in [1.165, 1.54) is 6.08 Å². The summed E-state index contributed by atoms with van der Waals surface area (Å²) in [6.45, 7) is 3.71. The van der Waals surface area contributed by atoms with Crippen LogP contribution in [0.2, 0.25) is 0 Å². The molecule has 1 heterocycles. The largest absolute Gasteiger partial charge is 0.449 e. The minimum absolute atomic E-state index is 0.103. The van der Waals surface area contributed by atoms with Gasteiger partial charge in [-0.25, -0.2) is 0 Å². The summed E-state index contributed by atoms with van der Waals surface area (Å²) < 4.78 is 5.44. The van der Waals surface area contributed by atoms with Gasteiger partial charge in [0.05, 0.1) is 0 Å². The van der Waals surface area contributed by atoms with Crippen molar-refractivity contribution in [2.24, 2.45) is 5.73 Å². The molecule has 0 radical (unpaired) electrons. The summed E-state index contributed by atoms with van der Waals surface area (Å²) in [7, 11) is 0. The first-order chi connectivity index (χ1) is 13.0. The maximum atomic E-state index is 12.6. The van der Waals surface area contributed by atoms with Crippen molar-refractivity contribution in [3.8, 4) is 0 Å². The van der Waals surface area contributed by atoms with E-state index in [0.717, 1.165) is 5.56 Å². The number of rotatable bonds is 6. The molecular formula is C20H17N3O4. The molecule has 0 fully saturated rings. The third-order valence-corrected chi connectivity index (χ3v) is 3.93. The number of nitrogens with one attached hydrogen (secondary N) is 2. The lowest BCUT2D eigenvalue weighted by molar-refractivity contribution is -0.116. The Hall–Kier alpha value is -3.87. The monoisotopic (exact) mass is 363 g/mol. The van der Waals surface area contributed by atoms with Crippen LogP contribution in [0.25, 0.3) is 11.0 Å². The van der Waals surface area contributed by atoms with Gasteiger partial charge >= 0.3 is 0 Å². The molecule has 0 saturated heterocycles. The number of furan rings is 1. The number of carbonyl (C=O) groups is 3. The SMILES string of the molecule is C=CC(=O)NCc1ccc(C(=O)Nc2c(C(N)=O)oc3ccccc23)cc1. The zero-order valence-electron chi connectivity index (χ0n) is 14.3. The predicted molar refractivity (Wildman–Crippen MR) is 101 cm³/mol. The van der Waals surface area contributed by atoms with Crippen LogP contribution in [0.1, 0.15) is 26.5 Å². The number of fused-ring (bicyclic) bond motifs is 1. The van der Waals surface area contributed by atoms with Crippen molar-refractivity contribution in [2.75, 3.05) is 5.32 Å². The molecule has 3 amide bonds. The molecule has 3 aromatic rings. The minimum atomic E-state index is -0.769. The van der Waals surface area contributed by atoms with Crippen LogP contribution in [0.4, 0.5) is 5.69 Å². The van der Waals surface area contributed by atoms with Gasteiger partial charge in [0.1, 0.15) is 11.3 Å². The van der Waals surface area contributed by atoms with Crippen LogP contribution in [0.15, 0.2) is 65.6 Å². The summed E-state index contributed by atoms with van der Waals surface area (Å²) in [5.41, 5.74) is 7.26. The van der Waals surface area contributed by atoms with Crippen molar-refractivity contribution < 1.29 is 18.8 Å². The smallest absolute Gasteiger partial charge is 0.286 e. The molecule has 136 valence electrons. The number of primary amides is 1. The van der Waals surface area contributed by atoms with E-state index in [0.29, 0.717) is 23.1 Å². The fourth-order valence-corrected chi connectivity index (χ4v) is 2.56. The Morgan fingerprint density at radius 2 is 1.78 bits per heavy atom. The molecule has 0 unspecified atom stereocenters. The second kappa shape index (κ2) is 7.57. The molecular weight excluding hydrogens is 346 g/mol. The Balaban J connectivity index is 1.80. The Morgan fingerprint density at radius 1 is 1.07 bits per heavy atom. The normalized spacial score (nSPS) is 10.4. The van der Waals surface area contributed by atoms with Gasteiger partial charge in [-0.05, 0) is 35.9 Å². The molecule has 3 rings (SSSR count). The predicted octanol–water partition coefficient (Wildman–Crippen LogP) is 2.59. The topological polar surface area (TPSA) is 114 Å². The molecule has 0 aliphatic carbocycles. The zero-order chi connectivity index (χ0) is 19.4. The van der Waals surface area contributed by atoms with E-state index >= 15 is 0 Å². The first kappa shape index (κ1) is 17.9. The number of hydrogen-bond donors (Lipinski definition) is 3. The second-order valence-electron chi connectivity index (χ2n) is 5.74. The van der Waals surface area contributed by atoms with Gasteiger partial charge in [-0.1, -0.05) is 30.8 Å². The quantitative estimate of drug-likeness (QED) is 0.584. The molecule has 7 heteroatoms. The van der Waals surface area contributed by atoms with Gasteiger partial charge in [-0.15, -0.1) is 0 Å². The molecule has 2 aromatic carbocycles. The number of carbonyl (C=O) groups excluding carboxylic acids is 3. The fourth-order valence-electron chi connectivity index (χ4n) is 2.56. The molecule has 0 aliphatic rings. The molecule has 1 aromatic heterocycles. The number of anilines is 1. The first-order valence-electron chi connectivity index (χ1n) is 8.11. The molecule has 27 heavy (non-hydrogen) atoms. The molecule has 0 bridgehead atoms. The van der Waals surface area contributed by atoms with E-state index in [1.807, 2.05) is 0 Å². The standard InChI is InChI=1S/C20H17N3O4/c1-2-16(24)22-11-12-7-9-13(10-8-12)20(26)23-17-14-5-3-4-6-15(14)27-18(17)19(21)25/h2-10H,1,11H2,(H2,21,25)(H,22,24)(H,23,26). The minimum Gasteiger partial charge on any atom is -0.449 e. The highest BCUT2D eigenvalue weighted by molar-refractivity contribution is 6.14. The highest BCUT2D eigenvalue weighted by Crippen LogP contribution is 2.30. The lowest BCUT2D eigenvalue weighted by Gasteiger charge is -2.07. The van der Waals surface area contributed by atoms with Gasteiger partial charge < -0.3 is 20.8 Å². The van der Waals surface area contributed by atoms with Crippen molar-refractivity contribution in [1.82, 2.24) is 5.32 Å². The van der Waals surface area contributed by atoms with E-state index in [9.17, 15) is 14.4 Å². The maximum Gasteiger partial charge on any atom is 0.286 e. The highest BCUT2D eigenvalue weighted by Gasteiger charge is 2.20. The fraction of sp³-hybridized carbons (Fsp3) is 0.0500. The summed E-state index contributed by atoms with van der Waals surface area (Å²) in [5.74, 6) is -1.56. The summed E-state index contributed by atoms with van der Waals surface area (Å²) in [4.78, 5) is 35.4. The lowest BCUT2D eigenvalue weighted by atomic mass is 10.1. The first-order valence-corrected chi connectivity index (χ1v) is 8.11. The van der Waals surface area contributed by atoms with Crippen molar-refractivity contribution in [3.05, 3.63) is 78.1 Å². The van der Waals surface area contributed by atoms with Crippen LogP contribution >= 0.6 is 0 Å². The van der Waals surface area contributed by atoms with Crippen LogP contribution in [0.3, 0.4) is 0 Å². The third kappa shape index (κ3) is 3.87. The Morgan fingerprint density at radius 3 is 2.44 bits per heavy atom. The highest BCUT2D eigenvalue weighted by atomic mass is 16.3. The van der Waals surface area contributed by atoms with Gasteiger partial charge in [-0.3, -0.25) is 14.4 Å². The summed E-state index contributed by atoms with van der Waals surface area (Å²) in [6.07, 6.45) is 1.19. The van der Waals surface area contributed by atoms with Gasteiger partial charge in [0.2, 0.25) is 11.7 Å². The van der Waals surface area contributed by atoms with E-state index < -0.39 is 11.8 Å². The van der Waals surface area contributed by atoms with E-state index in [-0.39, 0.29) is 17.4 Å². The molecule has 4 N–H and O–H groups in total.